The molecule has 27 heavy (non-hydrogen) atoms. The highest BCUT2D eigenvalue weighted by Gasteiger charge is 2.16. The molecule has 1 aliphatic heterocycles. The third kappa shape index (κ3) is 6.89. The number of nitrogens with one attached hydrogen (secondary N) is 2. The molecule has 9 heteroatoms. The monoisotopic (exact) mass is 450 g/mol. The highest BCUT2D eigenvalue weighted by Crippen LogP contribution is 2.28. The largest absolute Gasteiger partial charge is 0.351 e. The Kier molecular flexibility index (Phi) is 10.6. The summed E-state index contributed by atoms with van der Waals surface area (Å²) in [5, 5.41) is 7.91. The Labute approximate surface area is 181 Å². The second-order valence-corrected chi connectivity index (χ2v) is 7.58. The fourth-order valence-electron chi connectivity index (χ4n) is 2.84. The molecular weight excluding hydrogens is 427 g/mol. The predicted molar refractivity (Wildman–Crippen MR) is 118 cm³/mol. The molecule has 1 saturated heterocycles. The van der Waals surface area contributed by atoms with Gasteiger partial charge in [0.15, 0.2) is 0 Å². The van der Waals surface area contributed by atoms with E-state index in [0.29, 0.717) is 16.4 Å². The first-order valence-corrected chi connectivity index (χ1v) is 9.77. The van der Waals surface area contributed by atoms with Crippen LogP contribution in [0.2, 0.25) is 5.02 Å². The minimum absolute atomic E-state index is 0. The maximum Gasteiger partial charge on any atom is 0.263 e. The van der Waals surface area contributed by atoms with Gasteiger partial charge in [0.05, 0.1) is 5.69 Å². The zero-order chi connectivity index (χ0) is 17.6. The molecule has 0 bridgehead atoms. The Morgan fingerprint density at radius 2 is 1.93 bits per heavy atom. The van der Waals surface area contributed by atoms with Crippen LogP contribution in [0.25, 0.3) is 10.6 Å². The molecule has 0 unspecified atom stereocenters. The van der Waals surface area contributed by atoms with Crippen LogP contribution in [0.5, 0.6) is 0 Å². The molecule has 1 aromatic carbocycles. The Morgan fingerprint density at radius 1 is 1.26 bits per heavy atom. The van der Waals surface area contributed by atoms with E-state index in [-0.39, 0.29) is 30.7 Å². The summed E-state index contributed by atoms with van der Waals surface area (Å²) in [5.41, 5.74) is 1.75. The standard InChI is InChI=1S/C18H23ClN4OS.2ClH/c1-13-16(25-18(22-13)14-3-5-15(19)6-4-14)17(24)21-7-2-10-23-11-8-20-9-12-23;;/h3-6,20H,2,7-12H2,1H3,(H,21,24);2*1H. The number of halogens is 3. The number of carbonyl (C=O) groups is 1. The van der Waals surface area contributed by atoms with Gasteiger partial charge in [0.2, 0.25) is 0 Å². The summed E-state index contributed by atoms with van der Waals surface area (Å²) >= 11 is 7.35. The number of rotatable bonds is 6. The number of benzene rings is 1. The average Bonchev–Trinajstić information content (AvgIpc) is 3.02. The summed E-state index contributed by atoms with van der Waals surface area (Å²) in [6.07, 6.45) is 0.966. The van der Waals surface area contributed by atoms with Crippen molar-refractivity contribution in [1.82, 2.24) is 20.5 Å². The summed E-state index contributed by atoms with van der Waals surface area (Å²) < 4.78 is 0. The summed E-state index contributed by atoms with van der Waals surface area (Å²) in [5.74, 6) is -0.0319. The van der Waals surface area contributed by atoms with E-state index in [1.165, 1.54) is 11.3 Å². The molecule has 2 heterocycles. The lowest BCUT2D eigenvalue weighted by atomic mass is 10.2. The molecule has 1 fully saturated rings. The lowest BCUT2D eigenvalue weighted by Gasteiger charge is -2.27. The molecule has 150 valence electrons. The Balaban J connectivity index is 0.00000182. The molecule has 0 aliphatic carbocycles. The van der Waals surface area contributed by atoms with Crippen LogP contribution in [0.15, 0.2) is 24.3 Å². The predicted octanol–water partition coefficient (Wildman–Crippen LogP) is 3.64. The number of aryl methyl sites for hydroxylation is 1. The second kappa shape index (κ2) is 11.8. The van der Waals surface area contributed by atoms with E-state index in [1.807, 2.05) is 31.2 Å². The number of hydrogen-bond acceptors (Lipinski definition) is 5. The van der Waals surface area contributed by atoms with Gasteiger partial charge in [-0.25, -0.2) is 4.98 Å². The third-order valence-electron chi connectivity index (χ3n) is 4.24. The van der Waals surface area contributed by atoms with Crippen LogP contribution in [0, 0.1) is 6.92 Å². The van der Waals surface area contributed by atoms with Gasteiger partial charge in [-0.2, -0.15) is 0 Å². The van der Waals surface area contributed by atoms with Gasteiger partial charge in [0, 0.05) is 43.3 Å². The molecule has 2 aromatic rings. The Hall–Kier alpha value is -0.890. The topological polar surface area (TPSA) is 57.3 Å². The van der Waals surface area contributed by atoms with Crippen LogP contribution >= 0.6 is 47.8 Å². The zero-order valence-electron chi connectivity index (χ0n) is 15.2. The maximum atomic E-state index is 12.4. The van der Waals surface area contributed by atoms with Gasteiger partial charge in [-0.1, -0.05) is 23.7 Å². The molecule has 1 aromatic heterocycles. The summed E-state index contributed by atoms with van der Waals surface area (Å²) in [7, 11) is 0. The van der Waals surface area contributed by atoms with Crippen molar-refractivity contribution in [3.05, 3.63) is 39.9 Å². The van der Waals surface area contributed by atoms with Crippen LogP contribution in [0.3, 0.4) is 0 Å². The first kappa shape index (κ1) is 24.1. The van der Waals surface area contributed by atoms with Crippen molar-refractivity contribution < 1.29 is 4.79 Å². The molecule has 5 nitrogen and oxygen atoms in total. The van der Waals surface area contributed by atoms with Crippen LogP contribution in [0.4, 0.5) is 0 Å². The number of aromatic nitrogens is 1. The van der Waals surface area contributed by atoms with Gasteiger partial charge >= 0.3 is 0 Å². The van der Waals surface area contributed by atoms with Crippen molar-refractivity contribution in [2.24, 2.45) is 0 Å². The first-order valence-electron chi connectivity index (χ1n) is 8.58. The summed E-state index contributed by atoms with van der Waals surface area (Å²) in [6, 6.07) is 7.53. The van der Waals surface area contributed by atoms with Gasteiger partial charge in [-0.3, -0.25) is 4.79 Å². The molecule has 1 aliphatic rings. The summed E-state index contributed by atoms with van der Waals surface area (Å²) in [6.45, 7) is 7.89. The van der Waals surface area contributed by atoms with Gasteiger partial charge in [0.1, 0.15) is 9.88 Å². The fourth-order valence-corrected chi connectivity index (χ4v) is 3.96. The minimum Gasteiger partial charge on any atom is -0.351 e. The van der Waals surface area contributed by atoms with Crippen molar-refractivity contribution in [3.63, 3.8) is 0 Å². The lowest BCUT2D eigenvalue weighted by molar-refractivity contribution is 0.0954. The molecule has 0 atom stereocenters. The second-order valence-electron chi connectivity index (χ2n) is 6.14. The van der Waals surface area contributed by atoms with Gasteiger partial charge in [0.25, 0.3) is 5.91 Å². The van der Waals surface area contributed by atoms with E-state index in [2.05, 4.69) is 20.5 Å². The number of nitrogens with zero attached hydrogens (tertiary/aromatic N) is 2. The van der Waals surface area contributed by atoms with Gasteiger partial charge in [-0.05, 0) is 32.0 Å². The van der Waals surface area contributed by atoms with Crippen molar-refractivity contribution in [1.29, 1.82) is 0 Å². The number of amides is 1. The van der Waals surface area contributed by atoms with Crippen molar-refractivity contribution in [3.8, 4) is 10.6 Å². The van der Waals surface area contributed by atoms with Gasteiger partial charge < -0.3 is 15.5 Å². The van der Waals surface area contributed by atoms with Crippen molar-refractivity contribution >= 4 is 53.7 Å². The number of piperazine rings is 1. The highest BCUT2D eigenvalue weighted by molar-refractivity contribution is 7.17. The van der Waals surface area contributed by atoms with Crippen molar-refractivity contribution in [2.45, 2.75) is 13.3 Å². The molecule has 1 amide bonds. The third-order valence-corrected chi connectivity index (χ3v) is 5.70. The summed E-state index contributed by atoms with van der Waals surface area (Å²) in [4.78, 5) is 20.1. The number of thiazole rings is 1. The molecule has 0 spiro atoms. The van der Waals surface area contributed by atoms with Crippen LogP contribution in [0.1, 0.15) is 21.8 Å². The average molecular weight is 452 g/mol. The maximum absolute atomic E-state index is 12.4. The molecule has 2 N–H and O–H groups in total. The van der Waals surface area contributed by atoms with E-state index in [9.17, 15) is 4.79 Å². The van der Waals surface area contributed by atoms with Crippen molar-refractivity contribution in [2.75, 3.05) is 39.3 Å². The van der Waals surface area contributed by atoms with E-state index in [1.54, 1.807) is 0 Å². The first-order chi connectivity index (χ1) is 12.1. The van der Waals surface area contributed by atoms with E-state index < -0.39 is 0 Å². The molecular formula is C18H25Cl3N4OS. The van der Waals surface area contributed by atoms with E-state index >= 15 is 0 Å². The minimum atomic E-state index is -0.0319. The van der Waals surface area contributed by atoms with E-state index in [0.717, 1.165) is 55.4 Å². The van der Waals surface area contributed by atoms with Gasteiger partial charge in [-0.15, -0.1) is 36.2 Å². The fraction of sp³-hybridized carbons (Fsp3) is 0.444. The molecule has 3 rings (SSSR count). The zero-order valence-corrected chi connectivity index (χ0v) is 18.4. The van der Waals surface area contributed by atoms with Crippen LogP contribution in [-0.2, 0) is 0 Å². The quantitative estimate of drug-likeness (QED) is 0.658. The molecule has 0 saturated carbocycles. The number of carbonyl (C=O) groups excluding carboxylic acids is 1. The normalized spacial score (nSPS) is 14.1. The number of hydrogen-bond donors (Lipinski definition) is 2. The van der Waals surface area contributed by atoms with Crippen LogP contribution < -0.4 is 10.6 Å². The Morgan fingerprint density at radius 3 is 2.59 bits per heavy atom. The van der Waals surface area contributed by atoms with Crippen LogP contribution in [-0.4, -0.2) is 55.1 Å². The SMILES string of the molecule is Cc1nc(-c2ccc(Cl)cc2)sc1C(=O)NCCCN1CCNCC1.Cl.Cl. The highest BCUT2D eigenvalue weighted by atomic mass is 35.5. The smallest absolute Gasteiger partial charge is 0.263 e. The van der Waals surface area contributed by atoms with E-state index in [4.69, 9.17) is 11.6 Å². The lowest BCUT2D eigenvalue weighted by Crippen LogP contribution is -2.44. The molecule has 0 radical (unpaired) electrons. The Bertz CT molecular complexity index is 718.